The molecule has 0 saturated carbocycles. The Morgan fingerprint density at radius 2 is 1.83 bits per heavy atom. The number of aryl methyl sites for hydroxylation is 2. The number of hydrogen-bond acceptors (Lipinski definition) is 6. The molecule has 23 heavy (non-hydrogen) atoms. The van der Waals surface area contributed by atoms with E-state index in [1.165, 1.54) is 16.7 Å². The minimum atomic E-state index is -0.162. The van der Waals surface area contributed by atoms with Gasteiger partial charge in [0, 0.05) is 18.8 Å². The van der Waals surface area contributed by atoms with Gasteiger partial charge in [-0.05, 0) is 25.5 Å². The number of nitriles is 3. The van der Waals surface area contributed by atoms with Gasteiger partial charge in [0.2, 0.25) is 5.91 Å². The van der Waals surface area contributed by atoms with Crippen molar-refractivity contribution in [1.82, 2.24) is 9.88 Å². The molecule has 0 aliphatic carbocycles. The van der Waals surface area contributed by atoms with E-state index in [1.807, 2.05) is 32.1 Å². The molecule has 7 heteroatoms. The van der Waals surface area contributed by atoms with Gasteiger partial charge in [-0.25, -0.2) is 4.98 Å². The molecule has 1 heterocycles. The quantitative estimate of drug-likeness (QED) is 0.712. The summed E-state index contributed by atoms with van der Waals surface area (Å²) in [6.07, 6.45) is 0.459. The summed E-state index contributed by atoms with van der Waals surface area (Å²) in [5, 5.41) is 27.1. The number of rotatable bonds is 7. The van der Waals surface area contributed by atoms with Crippen molar-refractivity contribution in [2.75, 3.05) is 18.8 Å². The minimum Gasteiger partial charge on any atom is -0.340 e. The molecule has 1 rings (SSSR count). The van der Waals surface area contributed by atoms with E-state index in [1.54, 1.807) is 0 Å². The number of carbonyl (C=O) groups excluding carboxylic acids is 1. The number of carbonyl (C=O) groups is 1. The van der Waals surface area contributed by atoms with Gasteiger partial charge in [-0.2, -0.15) is 15.8 Å². The second-order valence-electron chi connectivity index (χ2n) is 4.86. The van der Waals surface area contributed by atoms with Crippen LogP contribution < -0.4 is 0 Å². The number of hydrogen-bond donors (Lipinski definition) is 0. The van der Waals surface area contributed by atoms with E-state index in [9.17, 15) is 10.1 Å². The maximum absolute atomic E-state index is 12.3. The van der Waals surface area contributed by atoms with E-state index in [0.717, 1.165) is 11.3 Å². The third-order valence-electron chi connectivity index (χ3n) is 3.10. The summed E-state index contributed by atoms with van der Waals surface area (Å²) < 4.78 is 0. The molecule has 0 aliphatic heterocycles. The second kappa shape index (κ2) is 9.46. The monoisotopic (exact) mass is 327 g/mol. The second-order valence-corrected chi connectivity index (χ2v) is 5.82. The molecular formula is C16H17N5OS. The Bertz CT molecular complexity index is 678. The van der Waals surface area contributed by atoms with Crippen molar-refractivity contribution in [3.05, 3.63) is 22.9 Å². The summed E-state index contributed by atoms with van der Waals surface area (Å²) in [6.45, 7) is 4.29. The highest BCUT2D eigenvalue weighted by Gasteiger charge is 2.16. The van der Waals surface area contributed by atoms with Gasteiger partial charge in [0.25, 0.3) is 0 Å². The molecule has 0 spiro atoms. The lowest BCUT2D eigenvalue weighted by atomic mass is 10.1. The molecule has 0 radical (unpaired) electrons. The zero-order chi connectivity index (χ0) is 17.2. The summed E-state index contributed by atoms with van der Waals surface area (Å²) in [5.74, 6) is -0.0353. The summed E-state index contributed by atoms with van der Waals surface area (Å²) in [5.41, 5.74) is 2.11. The predicted octanol–water partition coefficient (Wildman–Crippen LogP) is 2.32. The highest BCUT2D eigenvalue weighted by atomic mass is 32.2. The number of aromatic nitrogens is 1. The standard InChI is InChI=1S/C16H17N5OS/c1-12-9-13(2)20-16(14(12)10-19)23-11-15(22)21(7-3-5-17)8-4-6-18/h9H,3-4,7-8,11H2,1-2H3. The van der Waals surface area contributed by atoms with Crippen LogP contribution in [0.1, 0.15) is 29.7 Å². The van der Waals surface area contributed by atoms with Crippen LogP contribution in [0.25, 0.3) is 0 Å². The summed E-state index contributed by atoms with van der Waals surface area (Å²) in [6, 6.07) is 7.94. The van der Waals surface area contributed by atoms with Crippen LogP contribution in [-0.2, 0) is 4.79 Å². The van der Waals surface area contributed by atoms with Crippen LogP contribution in [0.2, 0.25) is 0 Å². The highest BCUT2D eigenvalue weighted by molar-refractivity contribution is 8.00. The lowest BCUT2D eigenvalue weighted by molar-refractivity contribution is -0.128. The summed E-state index contributed by atoms with van der Waals surface area (Å²) in [4.78, 5) is 18.1. The fourth-order valence-electron chi connectivity index (χ4n) is 2.00. The van der Waals surface area contributed by atoms with E-state index in [2.05, 4.69) is 11.1 Å². The zero-order valence-electron chi connectivity index (χ0n) is 13.2. The molecule has 0 fully saturated rings. The molecule has 0 N–H and O–H groups in total. The van der Waals surface area contributed by atoms with Crippen molar-refractivity contribution in [2.45, 2.75) is 31.7 Å². The van der Waals surface area contributed by atoms with Crippen molar-refractivity contribution in [2.24, 2.45) is 0 Å². The van der Waals surface area contributed by atoms with E-state index in [4.69, 9.17) is 10.5 Å². The third-order valence-corrected chi connectivity index (χ3v) is 4.06. The first-order chi connectivity index (χ1) is 11.0. The molecule has 0 aromatic carbocycles. The third kappa shape index (κ3) is 5.62. The van der Waals surface area contributed by atoms with Crippen molar-refractivity contribution in [3.63, 3.8) is 0 Å². The van der Waals surface area contributed by atoms with Gasteiger partial charge in [-0.3, -0.25) is 4.79 Å². The van der Waals surface area contributed by atoms with Crippen molar-refractivity contribution >= 4 is 17.7 Å². The average molecular weight is 327 g/mol. The van der Waals surface area contributed by atoms with Crippen LogP contribution in [0, 0.1) is 47.8 Å². The van der Waals surface area contributed by atoms with Gasteiger partial charge in [0.05, 0.1) is 36.3 Å². The molecule has 1 amide bonds. The van der Waals surface area contributed by atoms with Crippen molar-refractivity contribution < 1.29 is 4.79 Å². The summed E-state index contributed by atoms with van der Waals surface area (Å²) in [7, 11) is 0. The van der Waals surface area contributed by atoms with Gasteiger partial charge < -0.3 is 4.90 Å². The molecule has 118 valence electrons. The Kier molecular flexibility index (Phi) is 7.60. The first-order valence-electron chi connectivity index (χ1n) is 7.06. The van der Waals surface area contributed by atoms with E-state index < -0.39 is 0 Å². The maximum Gasteiger partial charge on any atom is 0.233 e. The van der Waals surface area contributed by atoms with Gasteiger partial charge in [-0.15, -0.1) is 0 Å². The lowest BCUT2D eigenvalue weighted by Gasteiger charge is -2.20. The molecule has 6 nitrogen and oxygen atoms in total. The number of nitrogens with zero attached hydrogens (tertiary/aromatic N) is 5. The molecule has 0 saturated heterocycles. The minimum absolute atomic E-state index is 0.126. The van der Waals surface area contributed by atoms with Crippen LogP contribution in [0.3, 0.4) is 0 Å². The van der Waals surface area contributed by atoms with Crippen molar-refractivity contribution in [3.8, 4) is 18.2 Å². The van der Waals surface area contributed by atoms with Crippen LogP contribution >= 0.6 is 11.8 Å². The lowest BCUT2D eigenvalue weighted by Crippen LogP contribution is -2.34. The Morgan fingerprint density at radius 1 is 1.22 bits per heavy atom. The normalized spacial score (nSPS) is 9.52. The van der Waals surface area contributed by atoms with Gasteiger partial charge in [0.1, 0.15) is 11.1 Å². The molecule has 1 aromatic heterocycles. The fourth-order valence-corrected chi connectivity index (χ4v) is 3.00. The number of thioether (sulfide) groups is 1. The van der Waals surface area contributed by atoms with Gasteiger partial charge in [0.15, 0.2) is 0 Å². The predicted molar refractivity (Wildman–Crippen MR) is 86.2 cm³/mol. The summed E-state index contributed by atoms with van der Waals surface area (Å²) >= 11 is 1.21. The van der Waals surface area contributed by atoms with Crippen LogP contribution in [0.5, 0.6) is 0 Å². The highest BCUT2D eigenvalue weighted by Crippen LogP contribution is 2.23. The number of pyridine rings is 1. The van der Waals surface area contributed by atoms with Crippen LogP contribution in [-0.4, -0.2) is 34.6 Å². The molecule has 0 atom stereocenters. The largest absolute Gasteiger partial charge is 0.340 e. The van der Waals surface area contributed by atoms with Crippen molar-refractivity contribution in [1.29, 1.82) is 15.8 Å². The first-order valence-corrected chi connectivity index (χ1v) is 8.04. The van der Waals surface area contributed by atoms with Gasteiger partial charge in [-0.1, -0.05) is 11.8 Å². The Labute approximate surface area is 140 Å². The zero-order valence-corrected chi connectivity index (χ0v) is 14.0. The Morgan fingerprint density at radius 3 is 2.35 bits per heavy atom. The molecule has 0 bridgehead atoms. The smallest absolute Gasteiger partial charge is 0.233 e. The van der Waals surface area contributed by atoms with Crippen LogP contribution in [0.15, 0.2) is 11.1 Å². The van der Waals surface area contributed by atoms with Gasteiger partial charge >= 0.3 is 0 Å². The van der Waals surface area contributed by atoms with Crippen LogP contribution in [0.4, 0.5) is 0 Å². The topological polar surface area (TPSA) is 105 Å². The molecule has 0 aliphatic rings. The van der Waals surface area contributed by atoms with E-state index in [0.29, 0.717) is 23.7 Å². The maximum atomic E-state index is 12.3. The molecule has 1 aromatic rings. The Balaban J connectivity index is 2.79. The molecule has 0 unspecified atom stereocenters. The first kappa shape index (κ1) is 18.5. The fraction of sp³-hybridized carbons (Fsp3) is 0.438. The van der Waals surface area contributed by atoms with E-state index >= 15 is 0 Å². The molecular weight excluding hydrogens is 310 g/mol. The SMILES string of the molecule is Cc1cc(C)c(C#N)c(SCC(=O)N(CCC#N)CCC#N)n1. The van der Waals surface area contributed by atoms with E-state index in [-0.39, 0.29) is 24.5 Å². The Hall–Kier alpha value is -2.56. The average Bonchev–Trinajstić information content (AvgIpc) is 2.52. The number of amides is 1.